The second-order valence-electron chi connectivity index (χ2n) is 3.77. The molecule has 1 heterocycles. The van der Waals surface area contributed by atoms with Crippen LogP contribution >= 0.6 is 0 Å². The summed E-state index contributed by atoms with van der Waals surface area (Å²) in [5, 5.41) is 9.71. The molecular weight excluding hydrogens is 206 g/mol. The average molecular weight is 219 g/mol. The lowest BCUT2D eigenvalue weighted by atomic mass is 10.1. The molecule has 2 aromatic rings. The van der Waals surface area contributed by atoms with Crippen LogP contribution in [0.2, 0.25) is 0 Å². The maximum Gasteiger partial charge on any atom is 0.320 e. The number of nitrogens with one attached hydrogen (secondary N) is 1. The van der Waals surface area contributed by atoms with Crippen molar-refractivity contribution in [3.63, 3.8) is 0 Å². The summed E-state index contributed by atoms with van der Waals surface area (Å²) in [6.45, 7) is 0. The van der Waals surface area contributed by atoms with Crippen LogP contribution in [0.5, 0.6) is 0 Å². The lowest BCUT2D eigenvalue weighted by Crippen LogP contribution is -2.32. The topological polar surface area (TPSA) is 105 Å². The number of aromatic amines is 1. The minimum Gasteiger partial charge on any atom is -0.480 e. The van der Waals surface area contributed by atoms with Gasteiger partial charge in [-0.2, -0.15) is 0 Å². The van der Waals surface area contributed by atoms with Gasteiger partial charge in [-0.15, -0.1) is 0 Å². The summed E-state index contributed by atoms with van der Waals surface area (Å²) < 4.78 is 0. The van der Waals surface area contributed by atoms with Gasteiger partial charge < -0.3 is 21.6 Å². The van der Waals surface area contributed by atoms with Gasteiger partial charge in [-0.1, -0.05) is 6.07 Å². The molecule has 1 atom stereocenters. The molecule has 16 heavy (non-hydrogen) atoms. The highest BCUT2D eigenvalue weighted by molar-refractivity contribution is 5.86. The van der Waals surface area contributed by atoms with Crippen molar-refractivity contribution < 1.29 is 9.90 Å². The van der Waals surface area contributed by atoms with Crippen LogP contribution in [0.3, 0.4) is 0 Å². The summed E-state index contributed by atoms with van der Waals surface area (Å²) in [7, 11) is 0. The molecule has 5 heteroatoms. The van der Waals surface area contributed by atoms with E-state index in [0.717, 1.165) is 16.5 Å². The summed E-state index contributed by atoms with van der Waals surface area (Å²) in [4.78, 5) is 13.7. The summed E-state index contributed by atoms with van der Waals surface area (Å²) in [6, 6.07) is 4.58. The van der Waals surface area contributed by atoms with Gasteiger partial charge in [-0.25, -0.2) is 0 Å². The Bertz CT molecular complexity index is 533. The Morgan fingerprint density at radius 2 is 2.25 bits per heavy atom. The van der Waals surface area contributed by atoms with Crippen LogP contribution in [-0.2, 0) is 11.2 Å². The van der Waals surface area contributed by atoms with Crippen LogP contribution in [-0.4, -0.2) is 22.1 Å². The molecule has 0 amide bonds. The SMILES string of the molecule is Nc1ccc2c(C[C@@H](N)C(=O)O)c[nH]c2c1. The van der Waals surface area contributed by atoms with E-state index in [1.807, 2.05) is 12.1 Å². The number of hydrogen-bond donors (Lipinski definition) is 4. The van der Waals surface area contributed by atoms with E-state index in [1.54, 1.807) is 12.3 Å². The Morgan fingerprint density at radius 1 is 1.50 bits per heavy atom. The number of nitrogen functional groups attached to an aromatic ring is 1. The van der Waals surface area contributed by atoms with Crippen LogP contribution in [0.4, 0.5) is 5.69 Å². The number of carbonyl (C=O) groups is 1. The number of anilines is 1. The zero-order valence-corrected chi connectivity index (χ0v) is 8.60. The van der Waals surface area contributed by atoms with E-state index in [-0.39, 0.29) is 0 Å². The third-order valence-corrected chi connectivity index (χ3v) is 2.55. The largest absolute Gasteiger partial charge is 0.480 e. The van der Waals surface area contributed by atoms with Gasteiger partial charge in [-0.3, -0.25) is 4.79 Å². The van der Waals surface area contributed by atoms with E-state index in [1.165, 1.54) is 0 Å². The summed E-state index contributed by atoms with van der Waals surface area (Å²) >= 11 is 0. The zero-order chi connectivity index (χ0) is 11.7. The van der Waals surface area contributed by atoms with Crippen molar-refractivity contribution in [1.82, 2.24) is 4.98 Å². The van der Waals surface area contributed by atoms with Crippen LogP contribution in [0.15, 0.2) is 24.4 Å². The second-order valence-corrected chi connectivity index (χ2v) is 3.77. The summed E-state index contributed by atoms with van der Waals surface area (Å²) in [5.74, 6) is -0.996. The first-order chi connectivity index (χ1) is 7.58. The number of benzene rings is 1. The molecule has 0 saturated carbocycles. The monoisotopic (exact) mass is 219 g/mol. The first kappa shape index (κ1) is 10.5. The molecule has 1 aromatic carbocycles. The molecule has 0 aliphatic heterocycles. The van der Waals surface area contributed by atoms with E-state index in [4.69, 9.17) is 16.6 Å². The van der Waals surface area contributed by atoms with Gasteiger partial charge in [0.15, 0.2) is 0 Å². The fourth-order valence-electron chi connectivity index (χ4n) is 1.70. The van der Waals surface area contributed by atoms with Crippen LogP contribution in [0.25, 0.3) is 10.9 Å². The molecule has 0 saturated heterocycles. The molecule has 0 aliphatic rings. The average Bonchev–Trinajstić information content (AvgIpc) is 2.60. The number of hydrogen-bond acceptors (Lipinski definition) is 3. The van der Waals surface area contributed by atoms with Gasteiger partial charge in [0, 0.05) is 29.2 Å². The quantitative estimate of drug-likeness (QED) is 0.570. The predicted molar refractivity (Wildman–Crippen MR) is 62.0 cm³/mol. The second kappa shape index (κ2) is 3.86. The molecule has 6 N–H and O–H groups in total. The van der Waals surface area contributed by atoms with Crippen molar-refractivity contribution in [1.29, 1.82) is 0 Å². The normalized spacial score (nSPS) is 12.8. The Morgan fingerprint density at radius 3 is 2.94 bits per heavy atom. The van der Waals surface area contributed by atoms with E-state index in [2.05, 4.69) is 4.98 Å². The number of aliphatic carboxylic acids is 1. The van der Waals surface area contributed by atoms with Gasteiger partial charge in [-0.05, 0) is 17.7 Å². The maximum absolute atomic E-state index is 10.7. The highest BCUT2D eigenvalue weighted by Crippen LogP contribution is 2.21. The van der Waals surface area contributed by atoms with Crippen molar-refractivity contribution in [3.05, 3.63) is 30.0 Å². The number of rotatable bonds is 3. The fraction of sp³-hybridized carbons (Fsp3) is 0.182. The minimum atomic E-state index is -0.996. The van der Waals surface area contributed by atoms with Crippen LogP contribution < -0.4 is 11.5 Å². The number of fused-ring (bicyclic) bond motifs is 1. The summed E-state index contributed by atoms with van der Waals surface area (Å²) in [5.41, 5.74) is 13.6. The molecule has 0 spiro atoms. The molecule has 0 unspecified atom stereocenters. The lowest BCUT2D eigenvalue weighted by Gasteiger charge is -2.04. The molecular formula is C11H13N3O2. The third-order valence-electron chi connectivity index (χ3n) is 2.55. The van der Waals surface area contributed by atoms with Gasteiger partial charge in [0.05, 0.1) is 0 Å². The van der Waals surface area contributed by atoms with Crippen LogP contribution in [0, 0.1) is 0 Å². The number of carboxylic acid groups (broad SMARTS) is 1. The standard InChI is InChI=1S/C11H13N3O2/c12-7-1-2-8-6(3-9(13)11(15)16)5-14-10(8)4-7/h1-2,4-5,9,14H,3,12-13H2,(H,15,16)/t9-/m1/s1. The predicted octanol–water partition coefficient (Wildman–Crippen LogP) is 0.704. The number of H-pyrrole nitrogens is 1. The lowest BCUT2D eigenvalue weighted by molar-refractivity contribution is -0.138. The Balaban J connectivity index is 2.35. The Kier molecular flexibility index (Phi) is 2.54. The van der Waals surface area contributed by atoms with E-state index in [0.29, 0.717) is 12.1 Å². The minimum absolute atomic E-state index is 0.305. The van der Waals surface area contributed by atoms with Crippen molar-refractivity contribution in [2.45, 2.75) is 12.5 Å². The Hall–Kier alpha value is -2.01. The first-order valence-electron chi connectivity index (χ1n) is 4.92. The van der Waals surface area contributed by atoms with Crippen LogP contribution in [0.1, 0.15) is 5.56 Å². The number of nitrogens with two attached hydrogens (primary N) is 2. The maximum atomic E-state index is 10.7. The molecule has 84 valence electrons. The molecule has 1 aromatic heterocycles. The molecule has 0 aliphatic carbocycles. The van der Waals surface area contributed by atoms with Gasteiger partial charge in [0.1, 0.15) is 6.04 Å². The number of aromatic nitrogens is 1. The highest BCUT2D eigenvalue weighted by Gasteiger charge is 2.14. The molecule has 0 bridgehead atoms. The number of carboxylic acids is 1. The smallest absolute Gasteiger partial charge is 0.320 e. The van der Waals surface area contributed by atoms with Crippen molar-refractivity contribution in [2.75, 3.05) is 5.73 Å². The van der Waals surface area contributed by atoms with Crippen molar-refractivity contribution in [2.24, 2.45) is 5.73 Å². The molecule has 5 nitrogen and oxygen atoms in total. The Labute approximate surface area is 92.1 Å². The van der Waals surface area contributed by atoms with Crippen molar-refractivity contribution >= 4 is 22.6 Å². The zero-order valence-electron chi connectivity index (χ0n) is 8.60. The van der Waals surface area contributed by atoms with Gasteiger partial charge >= 0.3 is 5.97 Å². The van der Waals surface area contributed by atoms with E-state index < -0.39 is 12.0 Å². The van der Waals surface area contributed by atoms with Gasteiger partial charge in [0.25, 0.3) is 0 Å². The van der Waals surface area contributed by atoms with E-state index in [9.17, 15) is 4.79 Å². The highest BCUT2D eigenvalue weighted by atomic mass is 16.4. The molecule has 0 radical (unpaired) electrons. The first-order valence-corrected chi connectivity index (χ1v) is 4.92. The van der Waals surface area contributed by atoms with Crippen molar-refractivity contribution in [3.8, 4) is 0 Å². The molecule has 2 rings (SSSR count). The van der Waals surface area contributed by atoms with E-state index >= 15 is 0 Å². The van der Waals surface area contributed by atoms with Gasteiger partial charge in [0.2, 0.25) is 0 Å². The fourth-order valence-corrected chi connectivity index (χ4v) is 1.70. The molecule has 0 fully saturated rings. The third kappa shape index (κ3) is 1.85. The summed E-state index contributed by atoms with van der Waals surface area (Å²) in [6.07, 6.45) is 2.08.